The monoisotopic (exact) mass is 259 g/mol. The van der Waals surface area contributed by atoms with Crippen molar-refractivity contribution in [2.75, 3.05) is 16.8 Å². The van der Waals surface area contributed by atoms with Crippen molar-refractivity contribution in [1.82, 2.24) is 5.32 Å². The number of fused-ring (bicyclic) bond motifs is 1. The van der Waals surface area contributed by atoms with Crippen molar-refractivity contribution in [2.24, 2.45) is 0 Å². The van der Waals surface area contributed by atoms with Gasteiger partial charge in [0.1, 0.15) is 12.6 Å². The van der Waals surface area contributed by atoms with Crippen molar-refractivity contribution in [2.45, 2.75) is 18.9 Å². The first-order chi connectivity index (χ1) is 9.15. The third kappa shape index (κ3) is 2.05. The van der Waals surface area contributed by atoms with Gasteiger partial charge < -0.3 is 10.6 Å². The summed E-state index contributed by atoms with van der Waals surface area (Å²) in [5.41, 5.74) is 1.30. The van der Waals surface area contributed by atoms with Gasteiger partial charge in [-0.05, 0) is 18.6 Å². The molecule has 2 heterocycles. The molecule has 1 aromatic rings. The quantitative estimate of drug-likeness (QED) is 0.759. The first-order valence-electron chi connectivity index (χ1n) is 6.15. The molecule has 2 N–H and O–H groups in total. The lowest BCUT2D eigenvalue weighted by Crippen LogP contribution is -2.49. The number of anilines is 2. The molecule has 0 bridgehead atoms. The molecule has 0 aliphatic carbocycles. The maximum absolute atomic E-state index is 12.4. The lowest BCUT2D eigenvalue weighted by atomic mass is 10.1. The van der Waals surface area contributed by atoms with Crippen LogP contribution in [-0.4, -0.2) is 30.3 Å². The number of amides is 3. The number of nitrogens with zero attached hydrogens (tertiary/aromatic N) is 1. The van der Waals surface area contributed by atoms with E-state index in [0.717, 1.165) is 0 Å². The molecule has 0 saturated carbocycles. The Bertz CT molecular complexity index is 570. The molecule has 1 atom stereocenters. The molecule has 2 aliphatic rings. The number of rotatable bonds is 1. The van der Waals surface area contributed by atoms with Gasteiger partial charge in [0.2, 0.25) is 17.7 Å². The largest absolute Gasteiger partial charge is 0.344 e. The van der Waals surface area contributed by atoms with Gasteiger partial charge in [-0.25, -0.2) is 0 Å². The number of hydrogen-bond acceptors (Lipinski definition) is 3. The van der Waals surface area contributed by atoms with Gasteiger partial charge in [0.25, 0.3) is 0 Å². The molecule has 3 amide bonds. The Balaban J connectivity index is 1.90. The highest BCUT2D eigenvalue weighted by Gasteiger charge is 2.34. The molecule has 6 nitrogen and oxygen atoms in total. The van der Waals surface area contributed by atoms with Crippen LogP contribution in [0.3, 0.4) is 0 Å². The molecule has 1 aromatic carbocycles. The summed E-state index contributed by atoms with van der Waals surface area (Å²) >= 11 is 0. The molecule has 1 fully saturated rings. The maximum Gasteiger partial charge on any atom is 0.250 e. The Kier molecular flexibility index (Phi) is 2.70. The third-order valence-corrected chi connectivity index (χ3v) is 3.33. The van der Waals surface area contributed by atoms with Crippen LogP contribution in [0.25, 0.3) is 0 Å². The van der Waals surface area contributed by atoms with E-state index in [0.29, 0.717) is 24.2 Å². The Hall–Kier alpha value is -2.37. The lowest BCUT2D eigenvalue weighted by molar-refractivity contribution is -0.125. The van der Waals surface area contributed by atoms with Crippen LogP contribution in [0.5, 0.6) is 0 Å². The molecular weight excluding hydrogens is 246 g/mol. The third-order valence-electron chi connectivity index (χ3n) is 3.33. The molecule has 0 aromatic heterocycles. The number of carbonyl (C=O) groups is 3. The molecule has 2 aliphatic heterocycles. The molecule has 98 valence electrons. The summed E-state index contributed by atoms with van der Waals surface area (Å²) in [5.74, 6) is -0.572. The second-order valence-corrected chi connectivity index (χ2v) is 4.65. The summed E-state index contributed by atoms with van der Waals surface area (Å²) in [6.45, 7) is -0.0117. The van der Waals surface area contributed by atoms with Gasteiger partial charge in [0.05, 0.1) is 11.4 Å². The van der Waals surface area contributed by atoms with Gasteiger partial charge in [-0.1, -0.05) is 12.1 Å². The zero-order chi connectivity index (χ0) is 13.4. The van der Waals surface area contributed by atoms with E-state index in [-0.39, 0.29) is 24.3 Å². The predicted octanol–water partition coefficient (Wildman–Crippen LogP) is 0.250. The van der Waals surface area contributed by atoms with Crippen LogP contribution in [0, 0.1) is 0 Å². The smallest absolute Gasteiger partial charge is 0.250 e. The SMILES string of the molecule is O=C1CN(C(=O)[C@@H]2CCC(=O)N2)c2ccccc2N1. The van der Waals surface area contributed by atoms with Crippen LogP contribution >= 0.6 is 0 Å². The minimum absolute atomic E-state index is 0.0117. The number of para-hydroxylation sites is 2. The van der Waals surface area contributed by atoms with E-state index in [1.807, 2.05) is 6.07 Å². The molecule has 0 spiro atoms. The average molecular weight is 259 g/mol. The highest BCUT2D eigenvalue weighted by molar-refractivity contribution is 6.12. The summed E-state index contributed by atoms with van der Waals surface area (Å²) in [7, 11) is 0. The number of nitrogens with one attached hydrogen (secondary N) is 2. The summed E-state index contributed by atoms with van der Waals surface area (Å²) < 4.78 is 0. The number of benzene rings is 1. The van der Waals surface area contributed by atoms with Gasteiger partial charge in [0.15, 0.2) is 0 Å². The van der Waals surface area contributed by atoms with Gasteiger partial charge in [-0.2, -0.15) is 0 Å². The first kappa shape index (κ1) is 11.7. The Morgan fingerprint density at radius 3 is 2.74 bits per heavy atom. The number of hydrogen-bond donors (Lipinski definition) is 2. The summed E-state index contributed by atoms with van der Waals surface area (Å²) in [6.07, 6.45) is 0.843. The fourth-order valence-electron chi connectivity index (χ4n) is 2.42. The van der Waals surface area contributed by atoms with Gasteiger partial charge in [-0.3, -0.25) is 19.3 Å². The van der Waals surface area contributed by atoms with Crippen LogP contribution in [0.2, 0.25) is 0 Å². The van der Waals surface area contributed by atoms with E-state index in [1.165, 1.54) is 4.90 Å². The summed E-state index contributed by atoms with van der Waals surface area (Å²) in [4.78, 5) is 36.6. The fourth-order valence-corrected chi connectivity index (χ4v) is 2.42. The van der Waals surface area contributed by atoms with Crippen molar-refractivity contribution in [3.05, 3.63) is 24.3 Å². The lowest BCUT2D eigenvalue weighted by Gasteiger charge is -2.30. The summed E-state index contributed by atoms with van der Waals surface area (Å²) in [5, 5.41) is 5.36. The highest BCUT2D eigenvalue weighted by Crippen LogP contribution is 2.29. The van der Waals surface area contributed by atoms with Crippen molar-refractivity contribution in [3.8, 4) is 0 Å². The standard InChI is InChI=1S/C13H13N3O3/c17-11-6-5-9(15-11)13(19)16-7-12(18)14-8-3-1-2-4-10(8)16/h1-4,9H,5-7H2,(H,14,18)(H,15,17)/t9-/m0/s1. The predicted molar refractivity (Wildman–Crippen MR) is 68.6 cm³/mol. The maximum atomic E-state index is 12.4. The van der Waals surface area contributed by atoms with Crippen LogP contribution in [0.4, 0.5) is 11.4 Å². The zero-order valence-electron chi connectivity index (χ0n) is 10.2. The van der Waals surface area contributed by atoms with Crippen LogP contribution in [0.15, 0.2) is 24.3 Å². The minimum Gasteiger partial charge on any atom is -0.344 e. The zero-order valence-corrected chi connectivity index (χ0v) is 10.2. The fraction of sp³-hybridized carbons (Fsp3) is 0.308. The van der Waals surface area contributed by atoms with E-state index < -0.39 is 6.04 Å². The Morgan fingerprint density at radius 1 is 1.21 bits per heavy atom. The van der Waals surface area contributed by atoms with Crippen molar-refractivity contribution in [1.29, 1.82) is 0 Å². The van der Waals surface area contributed by atoms with Crippen molar-refractivity contribution < 1.29 is 14.4 Å². The van der Waals surface area contributed by atoms with Gasteiger partial charge in [-0.15, -0.1) is 0 Å². The van der Waals surface area contributed by atoms with E-state index in [4.69, 9.17) is 0 Å². The van der Waals surface area contributed by atoms with E-state index in [2.05, 4.69) is 10.6 Å². The molecule has 19 heavy (non-hydrogen) atoms. The molecule has 6 heteroatoms. The molecule has 3 rings (SSSR count). The van der Waals surface area contributed by atoms with Crippen LogP contribution in [-0.2, 0) is 14.4 Å². The Labute approximate surface area is 109 Å². The van der Waals surface area contributed by atoms with Gasteiger partial charge >= 0.3 is 0 Å². The van der Waals surface area contributed by atoms with Crippen LogP contribution < -0.4 is 15.5 Å². The van der Waals surface area contributed by atoms with Crippen molar-refractivity contribution in [3.63, 3.8) is 0 Å². The highest BCUT2D eigenvalue weighted by atomic mass is 16.2. The molecular formula is C13H13N3O3. The van der Waals surface area contributed by atoms with Crippen molar-refractivity contribution >= 4 is 29.1 Å². The second kappa shape index (κ2) is 4.38. The number of carbonyl (C=O) groups excluding carboxylic acids is 3. The molecule has 1 saturated heterocycles. The topological polar surface area (TPSA) is 78.5 Å². The van der Waals surface area contributed by atoms with E-state index in [1.54, 1.807) is 18.2 Å². The van der Waals surface area contributed by atoms with E-state index in [9.17, 15) is 14.4 Å². The Morgan fingerprint density at radius 2 is 2.00 bits per heavy atom. The summed E-state index contributed by atoms with van der Waals surface area (Å²) in [6, 6.07) is 6.61. The second-order valence-electron chi connectivity index (χ2n) is 4.65. The normalized spacial score (nSPS) is 21.7. The van der Waals surface area contributed by atoms with Gasteiger partial charge in [0, 0.05) is 6.42 Å². The van der Waals surface area contributed by atoms with E-state index >= 15 is 0 Å². The molecule has 0 unspecified atom stereocenters. The minimum atomic E-state index is -0.522. The van der Waals surface area contributed by atoms with Crippen LogP contribution in [0.1, 0.15) is 12.8 Å². The molecule has 0 radical (unpaired) electrons. The first-order valence-corrected chi connectivity index (χ1v) is 6.15. The average Bonchev–Trinajstić information content (AvgIpc) is 2.83.